The molecule has 2 N–H and O–H groups in total. The molecule has 20 heavy (non-hydrogen) atoms. The molecule has 1 saturated heterocycles. The number of terminal acetylenes is 1. The summed E-state index contributed by atoms with van der Waals surface area (Å²) < 4.78 is 22.7. The van der Waals surface area contributed by atoms with Crippen LogP contribution >= 0.6 is 24.0 Å². The Kier molecular flexibility index (Phi) is 8.89. The molecule has 0 spiro atoms. The van der Waals surface area contributed by atoms with Crippen molar-refractivity contribution in [2.45, 2.75) is 13.3 Å². The molecule has 0 amide bonds. The van der Waals surface area contributed by atoms with Gasteiger partial charge >= 0.3 is 0 Å². The molecular formula is C13H22IN3O2S. The highest BCUT2D eigenvalue weighted by atomic mass is 127. The molecule has 7 heteroatoms. The minimum atomic E-state index is -2.83. The summed E-state index contributed by atoms with van der Waals surface area (Å²) in [6.07, 6.45) is 5.90. The van der Waals surface area contributed by atoms with E-state index in [4.69, 9.17) is 6.42 Å². The van der Waals surface area contributed by atoms with Crippen molar-refractivity contribution in [2.75, 3.05) is 31.1 Å². The first-order chi connectivity index (χ1) is 8.93. The Hall–Kier alpha value is -0.750. The van der Waals surface area contributed by atoms with Crippen molar-refractivity contribution in [3.8, 4) is 12.3 Å². The Morgan fingerprint density at radius 3 is 2.70 bits per heavy atom. The number of nitrogens with zero attached hydrogens (tertiary/aromatic N) is 1. The standard InChI is InChI=1S/C13H21N3O2S.HI/c1-4-6-14-13(15-8-11(2)3)16-9-12-5-7-19(17,18)10-12;/h1,12H,2,5-10H2,3H3,(H2,14,15,16);1H. The topological polar surface area (TPSA) is 70.6 Å². The second-order valence-corrected chi connectivity index (χ2v) is 7.06. The van der Waals surface area contributed by atoms with Gasteiger partial charge in [-0.3, -0.25) is 0 Å². The van der Waals surface area contributed by atoms with Crippen molar-refractivity contribution in [1.82, 2.24) is 10.6 Å². The van der Waals surface area contributed by atoms with Crippen LogP contribution < -0.4 is 10.6 Å². The number of aliphatic imine (C=N–C) groups is 1. The van der Waals surface area contributed by atoms with Crippen LogP contribution in [0.1, 0.15) is 13.3 Å². The zero-order valence-electron chi connectivity index (χ0n) is 11.7. The number of sulfone groups is 1. The van der Waals surface area contributed by atoms with Crippen LogP contribution in [-0.2, 0) is 9.84 Å². The van der Waals surface area contributed by atoms with Crippen molar-refractivity contribution in [2.24, 2.45) is 10.9 Å². The zero-order chi connectivity index (χ0) is 14.3. The fourth-order valence-corrected chi connectivity index (χ4v) is 3.66. The van der Waals surface area contributed by atoms with Crippen molar-refractivity contribution < 1.29 is 8.42 Å². The summed E-state index contributed by atoms with van der Waals surface area (Å²) in [5.74, 6) is 3.76. The molecular weight excluding hydrogens is 389 g/mol. The minimum Gasteiger partial charge on any atom is -0.356 e. The first-order valence-corrected chi connectivity index (χ1v) is 8.05. The highest BCUT2D eigenvalue weighted by molar-refractivity contribution is 14.0. The second-order valence-electron chi connectivity index (χ2n) is 4.83. The molecule has 1 fully saturated rings. The predicted octanol–water partition coefficient (Wildman–Crippen LogP) is 0.784. The molecule has 1 rings (SSSR count). The first kappa shape index (κ1) is 19.2. The lowest BCUT2D eigenvalue weighted by atomic mass is 10.1. The van der Waals surface area contributed by atoms with E-state index in [1.807, 2.05) is 6.92 Å². The molecule has 1 heterocycles. The molecule has 0 radical (unpaired) electrons. The zero-order valence-corrected chi connectivity index (χ0v) is 14.8. The van der Waals surface area contributed by atoms with Gasteiger partial charge in [-0.2, -0.15) is 0 Å². The molecule has 0 aromatic heterocycles. The predicted molar refractivity (Wildman–Crippen MR) is 94.1 cm³/mol. The number of hydrogen-bond acceptors (Lipinski definition) is 3. The smallest absolute Gasteiger partial charge is 0.192 e. The van der Waals surface area contributed by atoms with Gasteiger partial charge < -0.3 is 10.6 Å². The number of nitrogens with one attached hydrogen (secondary N) is 2. The van der Waals surface area contributed by atoms with Crippen molar-refractivity contribution in [3.63, 3.8) is 0 Å². The molecule has 0 saturated carbocycles. The maximum atomic E-state index is 11.4. The Labute approximate surface area is 138 Å². The van der Waals surface area contributed by atoms with E-state index in [2.05, 4.69) is 28.1 Å². The molecule has 0 aliphatic carbocycles. The maximum Gasteiger partial charge on any atom is 0.192 e. The molecule has 1 atom stereocenters. The molecule has 1 aliphatic heterocycles. The Morgan fingerprint density at radius 1 is 1.50 bits per heavy atom. The van der Waals surface area contributed by atoms with Gasteiger partial charge in [0.15, 0.2) is 15.8 Å². The lowest BCUT2D eigenvalue weighted by Crippen LogP contribution is -2.40. The van der Waals surface area contributed by atoms with E-state index in [9.17, 15) is 8.42 Å². The van der Waals surface area contributed by atoms with Gasteiger partial charge in [0.05, 0.1) is 24.6 Å². The fourth-order valence-electron chi connectivity index (χ4n) is 1.80. The van der Waals surface area contributed by atoms with Crippen LogP contribution in [0.3, 0.4) is 0 Å². The molecule has 0 bridgehead atoms. The van der Waals surface area contributed by atoms with Gasteiger partial charge in [-0.25, -0.2) is 13.4 Å². The molecule has 1 unspecified atom stereocenters. The SMILES string of the molecule is C#CCNC(=NCC(=C)C)NCC1CCS(=O)(=O)C1.I. The van der Waals surface area contributed by atoms with E-state index in [0.717, 1.165) is 5.57 Å². The normalized spacial score (nSPS) is 20.6. The maximum absolute atomic E-state index is 11.4. The molecule has 1 aliphatic rings. The van der Waals surface area contributed by atoms with Gasteiger partial charge in [-0.15, -0.1) is 30.4 Å². The van der Waals surface area contributed by atoms with Gasteiger partial charge in [0, 0.05) is 6.54 Å². The van der Waals surface area contributed by atoms with Crippen LogP contribution in [0.5, 0.6) is 0 Å². The van der Waals surface area contributed by atoms with Gasteiger partial charge in [0.25, 0.3) is 0 Å². The van der Waals surface area contributed by atoms with E-state index in [-0.39, 0.29) is 41.4 Å². The Bertz CT molecular complexity index is 494. The summed E-state index contributed by atoms with van der Waals surface area (Å²) in [6.45, 7) is 7.16. The van der Waals surface area contributed by atoms with Gasteiger partial charge in [-0.05, 0) is 19.3 Å². The number of guanidine groups is 1. The van der Waals surface area contributed by atoms with Crippen LogP contribution in [0.2, 0.25) is 0 Å². The van der Waals surface area contributed by atoms with E-state index in [1.165, 1.54) is 0 Å². The molecule has 5 nitrogen and oxygen atoms in total. The Balaban J connectivity index is 0.00000361. The van der Waals surface area contributed by atoms with Crippen LogP contribution in [0.15, 0.2) is 17.1 Å². The summed E-state index contributed by atoms with van der Waals surface area (Å²) in [4.78, 5) is 4.31. The third kappa shape index (κ3) is 7.75. The largest absolute Gasteiger partial charge is 0.356 e. The monoisotopic (exact) mass is 411 g/mol. The van der Waals surface area contributed by atoms with Crippen LogP contribution in [0, 0.1) is 18.3 Å². The fraction of sp³-hybridized carbons (Fsp3) is 0.615. The summed E-state index contributed by atoms with van der Waals surface area (Å²) in [7, 11) is -2.83. The highest BCUT2D eigenvalue weighted by Crippen LogP contribution is 2.17. The van der Waals surface area contributed by atoms with Crippen LogP contribution in [0.25, 0.3) is 0 Å². The van der Waals surface area contributed by atoms with E-state index in [1.54, 1.807) is 0 Å². The van der Waals surface area contributed by atoms with Gasteiger partial charge in [-0.1, -0.05) is 18.1 Å². The van der Waals surface area contributed by atoms with E-state index >= 15 is 0 Å². The van der Waals surface area contributed by atoms with Gasteiger partial charge in [0.1, 0.15) is 0 Å². The lowest BCUT2D eigenvalue weighted by molar-refractivity contribution is 0.568. The van der Waals surface area contributed by atoms with Crippen LogP contribution in [-0.4, -0.2) is 45.5 Å². The second kappa shape index (κ2) is 9.23. The molecule has 0 aromatic rings. The van der Waals surface area contributed by atoms with Gasteiger partial charge in [0.2, 0.25) is 0 Å². The summed E-state index contributed by atoms with van der Waals surface area (Å²) in [5, 5.41) is 6.11. The first-order valence-electron chi connectivity index (χ1n) is 6.23. The average Bonchev–Trinajstić information content (AvgIpc) is 2.68. The van der Waals surface area contributed by atoms with Crippen LogP contribution in [0.4, 0.5) is 0 Å². The third-order valence-corrected chi connectivity index (χ3v) is 4.59. The number of hydrogen-bond donors (Lipinski definition) is 2. The number of halogens is 1. The summed E-state index contributed by atoms with van der Waals surface area (Å²) in [6, 6.07) is 0. The van der Waals surface area contributed by atoms with E-state index < -0.39 is 9.84 Å². The van der Waals surface area contributed by atoms with Crippen molar-refractivity contribution >= 4 is 39.8 Å². The summed E-state index contributed by atoms with van der Waals surface area (Å²) in [5.41, 5.74) is 0.949. The lowest BCUT2D eigenvalue weighted by Gasteiger charge is -2.13. The Morgan fingerprint density at radius 2 is 2.20 bits per heavy atom. The van der Waals surface area contributed by atoms with Crippen molar-refractivity contribution in [1.29, 1.82) is 0 Å². The summed E-state index contributed by atoms with van der Waals surface area (Å²) >= 11 is 0. The molecule has 0 aromatic carbocycles. The molecule has 114 valence electrons. The third-order valence-electron chi connectivity index (χ3n) is 2.75. The van der Waals surface area contributed by atoms with Crippen molar-refractivity contribution in [3.05, 3.63) is 12.2 Å². The highest BCUT2D eigenvalue weighted by Gasteiger charge is 2.27. The minimum absolute atomic E-state index is 0. The number of rotatable bonds is 5. The quantitative estimate of drug-likeness (QED) is 0.231. The average molecular weight is 411 g/mol. The van der Waals surface area contributed by atoms with E-state index in [0.29, 0.717) is 32.0 Å².